The van der Waals surface area contributed by atoms with Gasteiger partial charge < -0.3 is 9.97 Å². The summed E-state index contributed by atoms with van der Waals surface area (Å²) in [6.45, 7) is 0. The number of rotatable bonds is 1. The standard InChI is InChI=1S/C9H6BrN5/c10-5-1-6-7(9-13-4-14-15-9)3-12-8(6)11-2-5/h1-4H,(H,11,12)(H,13,14,15). The summed E-state index contributed by atoms with van der Waals surface area (Å²) in [6, 6.07) is 2.00. The minimum atomic E-state index is 0.737. The molecule has 0 aliphatic carbocycles. The number of pyridine rings is 1. The number of halogens is 1. The van der Waals surface area contributed by atoms with Crippen molar-refractivity contribution in [1.82, 2.24) is 25.1 Å². The molecule has 6 heteroatoms. The molecule has 3 aromatic rings. The molecule has 0 aliphatic rings. The van der Waals surface area contributed by atoms with Crippen molar-refractivity contribution in [3.05, 3.63) is 29.3 Å². The number of aromatic nitrogens is 5. The first-order valence-corrected chi connectivity index (χ1v) is 5.13. The third-order valence-corrected chi connectivity index (χ3v) is 2.60. The van der Waals surface area contributed by atoms with Gasteiger partial charge in [-0.1, -0.05) is 0 Å². The van der Waals surface area contributed by atoms with Gasteiger partial charge in [0.1, 0.15) is 12.0 Å². The summed E-state index contributed by atoms with van der Waals surface area (Å²) in [7, 11) is 0. The van der Waals surface area contributed by atoms with Gasteiger partial charge in [0.2, 0.25) is 0 Å². The van der Waals surface area contributed by atoms with Crippen LogP contribution in [0.15, 0.2) is 29.3 Å². The minimum absolute atomic E-state index is 0.737. The van der Waals surface area contributed by atoms with E-state index < -0.39 is 0 Å². The van der Waals surface area contributed by atoms with Crippen LogP contribution in [-0.4, -0.2) is 25.1 Å². The zero-order chi connectivity index (χ0) is 10.3. The van der Waals surface area contributed by atoms with Crippen molar-refractivity contribution < 1.29 is 0 Å². The van der Waals surface area contributed by atoms with Crippen LogP contribution < -0.4 is 0 Å². The summed E-state index contributed by atoms with van der Waals surface area (Å²) in [4.78, 5) is 10.3. The molecule has 15 heavy (non-hydrogen) atoms. The molecular formula is C9H6BrN5. The van der Waals surface area contributed by atoms with Crippen LogP contribution >= 0.6 is 15.9 Å². The largest absolute Gasteiger partial charge is 0.345 e. The fraction of sp³-hybridized carbons (Fsp3) is 0. The molecule has 3 heterocycles. The molecule has 0 bridgehead atoms. The molecule has 2 N–H and O–H groups in total. The molecule has 5 nitrogen and oxygen atoms in total. The van der Waals surface area contributed by atoms with E-state index in [2.05, 4.69) is 41.1 Å². The van der Waals surface area contributed by atoms with Crippen molar-refractivity contribution in [1.29, 1.82) is 0 Å². The van der Waals surface area contributed by atoms with Gasteiger partial charge in [-0.2, -0.15) is 0 Å². The van der Waals surface area contributed by atoms with E-state index >= 15 is 0 Å². The van der Waals surface area contributed by atoms with Crippen LogP contribution in [0.25, 0.3) is 22.4 Å². The summed E-state index contributed by atoms with van der Waals surface area (Å²) in [5, 5.41) is 8.74. The Morgan fingerprint density at radius 2 is 2.20 bits per heavy atom. The lowest BCUT2D eigenvalue weighted by atomic mass is 10.2. The molecule has 0 saturated carbocycles. The first-order valence-electron chi connectivity index (χ1n) is 4.33. The minimum Gasteiger partial charge on any atom is -0.345 e. The van der Waals surface area contributed by atoms with Gasteiger partial charge >= 0.3 is 0 Å². The quantitative estimate of drug-likeness (QED) is 0.707. The van der Waals surface area contributed by atoms with E-state index in [0.29, 0.717) is 0 Å². The van der Waals surface area contributed by atoms with Crippen molar-refractivity contribution in [3.63, 3.8) is 0 Å². The summed E-state index contributed by atoms with van der Waals surface area (Å²) in [5.41, 5.74) is 1.81. The van der Waals surface area contributed by atoms with Crippen LogP contribution in [0.5, 0.6) is 0 Å². The Balaban J connectivity index is 2.32. The number of hydrogen-bond acceptors (Lipinski definition) is 3. The fourth-order valence-electron chi connectivity index (χ4n) is 1.51. The fourth-order valence-corrected chi connectivity index (χ4v) is 1.84. The zero-order valence-corrected chi connectivity index (χ0v) is 9.12. The molecule has 74 valence electrons. The lowest BCUT2D eigenvalue weighted by molar-refractivity contribution is 1.10. The van der Waals surface area contributed by atoms with Crippen molar-refractivity contribution in [3.8, 4) is 11.4 Å². The van der Waals surface area contributed by atoms with E-state index in [1.54, 1.807) is 12.5 Å². The van der Waals surface area contributed by atoms with Crippen LogP contribution in [-0.2, 0) is 0 Å². The molecule has 3 rings (SSSR count). The van der Waals surface area contributed by atoms with Crippen LogP contribution in [0.1, 0.15) is 0 Å². The molecular weight excluding hydrogens is 258 g/mol. The Bertz CT molecular complexity index is 598. The highest BCUT2D eigenvalue weighted by Gasteiger charge is 2.09. The van der Waals surface area contributed by atoms with E-state index in [0.717, 1.165) is 26.9 Å². The maximum Gasteiger partial charge on any atom is 0.163 e. The smallest absolute Gasteiger partial charge is 0.163 e. The van der Waals surface area contributed by atoms with Gasteiger partial charge in [-0.3, -0.25) is 0 Å². The van der Waals surface area contributed by atoms with Crippen molar-refractivity contribution in [2.45, 2.75) is 0 Å². The third kappa shape index (κ3) is 1.33. The number of H-pyrrole nitrogens is 2. The summed E-state index contributed by atoms with van der Waals surface area (Å²) in [5.74, 6) is 0.737. The van der Waals surface area contributed by atoms with E-state index in [9.17, 15) is 0 Å². The Labute approximate surface area is 93.1 Å². The Kier molecular flexibility index (Phi) is 1.81. The van der Waals surface area contributed by atoms with Gasteiger partial charge in [-0.15, -0.1) is 10.2 Å². The number of nitrogens with one attached hydrogen (secondary N) is 2. The number of fused-ring (bicyclic) bond motifs is 1. The zero-order valence-electron chi connectivity index (χ0n) is 7.53. The molecule has 0 amide bonds. The molecule has 0 fully saturated rings. The maximum atomic E-state index is 4.25. The van der Waals surface area contributed by atoms with Gasteiger partial charge in [0.15, 0.2) is 5.82 Å². The highest BCUT2D eigenvalue weighted by atomic mass is 79.9. The molecule has 0 atom stereocenters. The number of hydrogen-bond donors (Lipinski definition) is 2. The van der Waals surface area contributed by atoms with Gasteiger partial charge in [0, 0.05) is 27.8 Å². The lowest BCUT2D eigenvalue weighted by Crippen LogP contribution is -1.79. The SMILES string of the molecule is Brc1cnc2[nH]cc(-c3nnc[nH]3)c2c1. The monoisotopic (exact) mass is 263 g/mol. The predicted molar refractivity (Wildman–Crippen MR) is 59.2 cm³/mol. The Morgan fingerprint density at radius 1 is 1.27 bits per heavy atom. The molecule has 0 radical (unpaired) electrons. The van der Waals surface area contributed by atoms with Crippen LogP contribution in [0, 0.1) is 0 Å². The van der Waals surface area contributed by atoms with Crippen molar-refractivity contribution in [2.75, 3.05) is 0 Å². The predicted octanol–water partition coefficient (Wildman–Crippen LogP) is 2.11. The number of nitrogens with zero attached hydrogens (tertiary/aromatic N) is 3. The van der Waals surface area contributed by atoms with Crippen molar-refractivity contribution in [2.24, 2.45) is 0 Å². The maximum absolute atomic E-state index is 4.25. The average Bonchev–Trinajstić information content (AvgIpc) is 2.83. The summed E-state index contributed by atoms with van der Waals surface area (Å²) < 4.78 is 0.940. The second-order valence-corrected chi connectivity index (χ2v) is 4.01. The van der Waals surface area contributed by atoms with Crippen LogP contribution in [0.4, 0.5) is 0 Å². The topological polar surface area (TPSA) is 70.2 Å². The van der Waals surface area contributed by atoms with Crippen LogP contribution in [0.3, 0.4) is 0 Å². The summed E-state index contributed by atoms with van der Waals surface area (Å²) >= 11 is 3.39. The van der Waals surface area contributed by atoms with E-state index in [1.807, 2.05) is 12.3 Å². The Morgan fingerprint density at radius 3 is 3.00 bits per heavy atom. The van der Waals surface area contributed by atoms with Gasteiger partial charge in [0.25, 0.3) is 0 Å². The second-order valence-electron chi connectivity index (χ2n) is 3.09. The molecule has 0 aromatic carbocycles. The van der Waals surface area contributed by atoms with E-state index in [-0.39, 0.29) is 0 Å². The van der Waals surface area contributed by atoms with Gasteiger partial charge in [0.05, 0.1) is 0 Å². The molecule has 0 saturated heterocycles. The summed E-state index contributed by atoms with van der Waals surface area (Å²) in [6.07, 6.45) is 5.17. The van der Waals surface area contributed by atoms with Gasteiger partial charge in [-0.25, -0.2) is 4.98 Å². The first kappa shape index (κ1) is 8.60. The molecule has 0 unspecified atom stereocenters. The second kappa shape index (κ2) is 3.16. The highest BCUT2D eigenvalue weighted by Crippen LogP contribution is 2.26. The van der Waals surface area contributed by atoms with Gasteiger partial charge in [-0.05, 0) is 22.0 Å². The highest BCUT2D eigenvalue weighted by molar-refractivity contribution is 9.10. The average molecular weight is 264 g/mol. The normalized spacial score (nSPS) is 11.0. The Hall–Kier alpha value is -1.69. The molecule has 0 spiro atoms. The van der Waals surface area contributed by atoms with Crippen molar-refractivity contribution >= 4 is 27.0 Å². The number of aromatic amines is 2. The van der Waals surface area contributed by atoms with E-state index in [1.165, 1.54) is 0 Å². The lowest BCUT2D eigenvalue weighted by Gasteiger charge is -1.93. The van der Waals surface area contributed by atoms with Crippen LogP contribution in [0.2, 0.25) is 0 Å². The first-order chi connectivity index (χ1) is 7.34. The van der Waals surface area contributed by atoms with E-state index in [4.69, 9.17) is 0 Å². The third-order valence-electron chi connectivity index (χ3n) is 2.17. The molecule has 0 aliphatic heterocycles. The molecule has 3 aromatic heterocycles.